The van der Waals surface area contributed by atoms with Crippen molar-refractivity contribution in [3.05, 3.63) is 60.7 Å². The van der Waals surface area contributed by atoms with Gasteiger partial charge in [0.1, 0.15) is 0 Å². The predicted molar refractivity (Wildman–Crippen MR) is 60.1 cm³/mol. The van der Waals surface area contributed by atoms with Crippen LogP contribution in [0.5, 0.6) is 0 Å². The first-order chi connectivity index (χ1) is 7.21. The zero-order chi connectivity index (χ0) is 10.7. The fourth-order valence-electron chi connectivity index (χ4n) is 1.46. The van der Waals surface area contributed by atoms with Crippen LogP contribution in [0.3, 0.4) is 0 Å². The van der Waals surface area contributed by atoms with Crippen LogP contribution in [0.4, 0.5) is 7.00 Å². The molecule has 0 saturated heterocycles. The summed E-state index contributed by atoms with van der Waals surface area (Å²) in [6, 6.07) is 16.3. The van der Waals surface area contributed by atoms with Gasteiger partial charge in [0.2, 0.25) is 0 Å². The molecule has 0 aromatic heterocycles. The van der Waals surface area contributed by atoms with Crippen LogP contribution in [0.1, 0.15) is 0 Å². The molecule has 0 unspecified atom stereocenters. The molecule has 2 aromatic carbocycles. The minimum absolute atomic E-state index is 0.212. The third kappa shape index (κ3) is 2.10. The molecule has 0 aliphatic heterocycles. The molecule has 0 atom stereocenters. The second kappa shape index (κ2) is 4.15. The van der Waals surface area contributed by atoms with Crippen LogP contribution in [0, 0.1) is 0 Å². The second-order valence-corrected chi connectivity index (χ2v) is 8.14. The van der Waals surface area contributed by atoms with E-state index in [0.717, 1.165) is 0 Å². The summed E-state index contributed by atoms with van der Waals surface area (Å²) < 4.78 is 28.6. The van der Waals surface area contributed by atoms with E-state index in [2.05, 4.69) is 0 Å². The van der Waals surface area contributed by atoms with Crippen molar-refractivity contribution >= 4 is 23.0 Å². The van der Waals surface area contributed by atoms with E-state index < -0.39 is 14.2 Å². The molecule has 15 heavy (non-hydrogen) atoms. The van der Waals surface area contributed by atoms with Crippen LogP contribution < -0.4 is 8.79 Å². The first-order valence-corrected chi connectivity index (χ1v) is 8.38. The summed E-state index contributed by atoms with van der Waals surface area (Å²) in [4.78, 5) is 0. The van der Waals surface area contributed by atoms with Gasteiger partial charge in [0.05, 0.1) is 0 Å². The topological polar surface area (TPSA) is 0 Å². The van der Waals surface area contributed by atoms with Gasteiger partial charge in [-0.05, 0) is 0 Å². The first-order valence-electron chi connectivity index (χ1n) is 4.70. The fourth-order valence-corrected chi connectivity index (χ4v) is 4.73. The van der Waals surface area contributed by atoms with Gasteiger partial charge < -0.3 is 0 Å². The van der Waals surface area contributed by atoms with E-state index in [1.54, 1.807) is 36.4 Å². The second-order valence-electron chi connectivity index (χ2n) is 3.31. The molecular weight excluding hydrogens is 255 g/mol. The van der Waals surface area contributed by atoms with Crippen molar-refractivity contribution < 1.29 is 7.00 Å². The van der Waals surface area contributed by atoms with E-state index in [1.165, 1.54) is 24.3 Å². The number of rotatable bonds is 2. The molecule has 0 fully saturated rings. The van der Waals surface area contributed by atoms with Crippen LogP contribution in [-0.2, 0) is 0 Å². The van der Waals surface area contributed by atoms with Gasteiger partial charge >= 0.3 is 90.7 Å². The molecule has 0 aliphatic rings. The first kappa shape index (κ1) is 10.4. The maximum atomic E-state index is 14.1. The Bertz CT molecular complexity index is 384. The Morgan fingerprint density at radius 3 is 1.27 bits per heavy atom. The average molecular weight is 265 g/mol. The zero-order valence-electron chi connectivity index (χ0n) is 8.03. The summed E-state index contributed by atoms with van der Waals surface area (Å²) >= 11 is -5.00. The molecule has 0 amide bonds. The Labute approximate surface area is 90.9 Å². The van der Waals surface area contributed by atoms with Crippen molar-refractivity contribution in [3.8, 4) is 0 Å². The normalized spacial score (nSPS) is 11.3. The SMILES string of the molecule is [F][Ge]([F])([c]1ccccc1)[c]1ccccc1. The van der Waals surface area contributed by atoms with Crippen molar-refractivity contribution in [1.82, 2.24) is 0 Å². The molecule has 0 radical (unpaired) electrons. The van der Waals surface area contributed by atoms with Gasteiger partial charge in [-0.15, -0.1) is 0 Å². The van der Waals surface area contributed by atoms with E-state index in [4.69, 9.17) is 0 Å². The molecule has 0 nitrogen and oxygen atoms in total. The third-order valence-corrected chi connectivity index (χ3v) is 6.71. The van der Waals surface area contributed by atoms with Gasteiger partial charge in [-0.25, -0.2) is 0 Å². The summed E-state index contributed by atoms with van der Waals surface area (Å²) in [5, 5.41) is 0. The molecule has 0 aliphatic carbocycles. The van der Waals surface area contributed by atoms with Crippen LogP contribution in [0.2, 0.25) is 0 Å². The van der Waals surface area contributed by atoms with Gasteiger partial charge in [0.25, 0.3) is 0 Å². The van der Waals surface area contributed by atoms with Crippen LogP contribution >= 0.6 is 0 Å². The fraction of sp³-hybridized carbons (Fsp3) is 0. The molecule has 0 N–H and O–H groups in total. The van der Waals surface area contributed by atoms with Crippen molar-refractivity contribution in [1.29, 1.82) is 0 Å². The summed E-state index contributed by atoms with van der Waals surface area (Å²) in [7, 11) is 0. The number of hydrogen-bond donors (Lipinski definition) is 0. The van der Waals surface area contributed by atoms with Crippen LogP contribution in [0.15, 0.2) is 60.7 Å². The van der Waals surface area contributed by atoms with Gasteiger partial charge in [-0.1, -0.05) is 0 Å². The van der Waals surface area contributed by atoms with Crippen molar-refractivity contribution in [2.75, 3.05) is 0 Å². The number of benzene rings is 2. The standard InChI is InChI=1S/C12H10F2Ge/c13-15(14,11-7-3-1-4-8-11)12-9-5-2-6-10-12/h1-10H. The molecule has 2 rings (SSSR count). The minimum atomic E-state index is -5.00. The third-order valence-electron chi connectivity index (χ3n) is 2.27. The van der Waals surface area contributed by atoms with E-state index in [1.807, 2.05) is 0 Å². The van der Waals surface area contributed by atoms with Gasteiger partial charge in [0.15, 0.2) is 0 Å². The summed E-state index contributed by atoms with van der Waals surface area (Å²) in [6.45, 7) is 0. The molecule has 0 bridgehead atoms. The summed E-state index contributed by atoms with van der Waals surface area (Å²) in [5.41, 5.74) is 0. The number of hydrogen-bond acceptors (Lipinski definition) is 0. The molecular formula is C12H10F2Ge. The molecule has 0 heterocycles. The molecule has 0 spiro atoms. The molecule has 2 aromatic rings. The summed E-state index contributed by atoms with van der Waals surface area (Å²) in [6.07, 6.45) is 0. The van der Waals surface area contributed by atoms with Crippen molar-refractivity contribution in [2.45, 2.75) is 0 Å². The Kier molecular flexibility index (Phi) is 2.86. The van der Waals surface area contributed by atoms with Gasteiger partial charge in [0, 0.05) is 0 Å². The predicted octanol–water partition coefficient (Wildman–Crippen LogP) is 2.18. The molecule has 76 valence electrons. The Morgan fingerprint density at radius 2 is 0.933 bits per heavy atom. The van der Waals surface area contributed by atoms with Gasteiger partial charge in [-0.3, -0.25) is 0 Å². The molecule has 3 heteroatoms. The van der Waals surface area contributed by atoms with Gasteiger partial charge in [-0.2, -0.15) is 0 Å². The quantitative estimate of drug-likeness (QED) is 0.730. The monoisotopic (exact) mass is 266 g/mol. The molecule has 0 saturated carbocycles. The van der Waals surface area contributed by atoms with E-state index >= 15 is 0 Å². The zero-order valence-corrected chi connectivity index (χ0v) is 10.1. The summed E-state index contributed by atoms with van der Waals surface area (Å²) in [5.74, 6) is 0. The maximum absolute atomic E-state index is 14.1. The van der Waals surface area contributed by atoms with E-state index in [9.17, 15) is 7.00 Å². The van der Waals surface area contributed by atoms with E-state index in [-0.39, 0.29) is 8.79 Å². The Hall–Kier alpha value is -1.16. The Morgan fingerprint density at radius 1 is 0.600 bits per heavy atom. The Balaban J connectivity index is 2.44. The van der Waals surface area contributed by atoms with Crippen LogP contribution in [-0.4, -0.2) is 14.2 Å². The van der Waals surface area contributed by atoms with E-state index in [0.29, 0.717) is 0 Å². The average Bonchev–Trinajstić information content (AvgIpc) is 2.31. The van der Waals surface area contributed by atoms with Crippen LogP contribution in [0.25, 0.3) is 0 Å². The van der Waals surface area contributed by atoms with Crippen molar-refractivity contribution in [3.63, 3.8) is 0 Å². The number of halogens is 2. The van der Waals surface area contributed by atoms with Crippen molar-refractivity contribution in [2.24, 2.45) is 0 Å².